The minimum absolute atomic E-state index is 0.0556. The molecule has 0 aliphatic carbocycles. The van der Waals surface area contributed by atoms with Gasteiger partial charge in [0.05, 0.1) is 17.8 Å². The lowest BCUT2D eigenvalue weighted by atomic mass is 9.97. The SMILES string of the molecule is Cc1ncc(-c2ccc3cnc(NC(=O)C4CN(CC(C)C)C4)cc3c2)n1C. The van der Waals surface area contributed by atoms with Gasteiger partial charge in [0.2, 0.25) is 5.91 Å². The molecule has 6 heteroatoms. The van der Waals surface area contributed by atoms with Crippen LogP contribution in [0.1, 0.15) is 19.7 Å². The molecule has 3 heterocycles. The van der Waals surface area contributed by atoms with Crippen LogP contribution < -0.4 is 5.32 Å². The highest BCUT2D eigenvalue weighted by Gasteiger charge is 2.32. The number of nitrogens with zero attached hydrogens (tertiary/aromatic N) is 4. The lowest BCUT2D eigenvalue weighted by molar-refractivity contribution is -0.125. The maximum Gasteiger partial charge on any atom is 0.231 e. The van der Waals surface area contributed by atoms with Gasteiger partial charge in [0.15, 0.2) is 0 Å². The summed E-state index contributed by atoms with van der Waals surface area (Å²) in [5.74, 6) is 2.33. The number of aryl methyl sites for hydroxylation is 1. The molecule has 0 atom stereocenters. The van der Waals surface area contributed by atoms with Crippen molar-refractivity contribution in [1.29, 1.82) is 0 Å². The van der Waals surface area contributed by atoms with E-state index in [0.717, 1.165) is 47.5 Å². The molecule has 1 aliphatic rings. The summed E-state index contributed by atoms with van der Waals surface area (Å²) >= 11 is 0. The van der Waals surface area contributed by atoms with Crippen molar-refractivity contribution in [1.82, 2.24) is 19.4 Å². The van der Waals surface area contributed by atoms with Crippen molar-refractivity contribution in [2.24, 2.45) is 18.9 Å². The van der Waals surface area contributed by atoms with E-state index < -0.39 is 0 Å². The van der Waals surface area contributed by atoms with Gasteiger partial charge in [-0.25, -0.2) is 9.97 Å². The van der Waals surface area contributed by atoms with Gasteiger partial charge in [-0.05, 0) is 30.4 Å². The molecule has 4 rings (SSSR count). The molecule has 1 aliphatic heterocycles. The lowest BCUT2D eigenvalue weighted by Gasteiger charge is -2.39. The van der Waals surface area contributed by atoms with E-state index in [-0.39, 0.29) is 11.8 Å². The monoisotopic (exact) mass is 377 g/mol. The normalized spacial score (nSPS) is 15.2. The first kappa shape index (κ1) is 18.6. The van der Waals surface area contributed by atoms with Gasteiger partial charge in [0.25, 0.3) is 0 Å². The first-order valence-corrected chi connectivity index (χ1v) is 9.82. The largest absolute Gasteiger partial charge is 0.331 e. The second-order valence-corrected chi connectivity index (χ2v) is 8.18. The van der Waals surface area contributed by atoms with E-state index in [1.54, 1.807) is 0 Å². The number of fused-ring (bicyclic) bond motifs is 1. The summed E-state index contributed by atoms with van der Waals surface area (Å²) in [6.07, 6.45) is 3.70. The smallest absolute Gasteiger partial charge is 0.231 e. The molecule has 28 heavy (non-hydrogen) atoms. The van der Waals surface area contributed by atoms with Crippen LogP contribution >= 0.6 is 0 Å². The van der Waals surface area contributed by atoms with Gasteiger partial charge in [-0.3, -0.25) is 4.79 Å². The van der Waals surface area contributed by atoms with E-state index in [9.17, 15) is 4.79 Å². The topological polar surface area (TPSA) is 63.1 Å². The fourth-order valence-corrected chi connectivity index (χ4v) is 3.77. The van der Waals surface area contributed by atoms with Crippen LogP contribution in [0.25, 0.3) is 22.0 Å². The Labute approximate surface area is 165 Å². The van der Waals surface area contributed by atoms with Gasteiger partial charge in [-0.15, -0.1) is 0 Å². The fraction of sp³-hybridized carbons (Fsp3) is 0.409. The Morgan fingerprint density at radius 1 is 1.18 bits per heavy atom. The molecular formula is C22H27N5O. The molecular weight excluding hydrogens is 350 g/mol. The highest BCUT2D eigenvalue weighted by molar-refractivity contribution is 5.95. The predicted molar refractivity (Wildman–Crippen MR) is 112 cm³/mol. The van der Waals surface area contributed by atoms with E-state index in [0.29, 0.717) is 11.7 Å². The second-order valence-electron chi connectivity index (χ2n) is 8.18. The number of hydrogen-bond acceptors (Lipinski definition) is 4. The van der Waals surface area contributed by atoms with Crippen molar-refractivity contribution in [3.05, 3.63) is 42.5 Å². The summed E-state index contributed by atoms with van der Waals surface area (Å²) in [6.45, 7) is 9.11. The third kappa shape index (κ3) is 3.64. The molecule has 1 aromatic carbocycles. The highest BCUT2D eigenvalue weighted by atomic mass is 16.2. The van der Waals surface area contributed by atoms with E-state index >= 15 is 0 Å². The zero-order valence-corrected chi connectivity index (χ0v) is 16.9. The van der Waals surface area contributed by atoms with Crippen LogP contribution in [0.5, 0.6) is 0 Å². The molecule has 1 N–H and O–H groups in total. The van der Waals surface area contributed by atoms with Crippen molar-refractivity contribution in [2.75, 3.05) is 25.0 Å². The van der Waals surface area contributed by atoms with Crippen LogP contribution in [-0.2, 0) is 11.8 Å². The number of pyridine rings is 1. The Balaban J connectivity index is 1.49. The Bertz CT molecular complexity index is 1020. The number of benzene rings is 1. The number of hydrogen-bond donors (Lipinski definition) is 1. The molecule has 0 spiro atoms. The Morgan fingerprint density at radius 3 is 2.64 bits per heavy atom. The van der Waals surface area contributed by atoms with E-state index in [1.165, 1.54) is 0 Å². The van der Waals surface area contributed by atoms with E-state index in [2.05, 4.69) is 56.8 Å². The van der Waals surface area contributed by atoms with Crippen LogP contribution in [0.4, 0.5) is 5.82 Å². The van der Waals surface area contributed by atoms with Gasteiger partial charge in [0, 0.05) is 43.8 Å². The highest BCUT2D eigenvalue weighted by Crippen LogP contribution is 2.26. The van der Waals surface area contributed by atoms with Crippen molar-refractivity contribution >= 4 is 22.5 Å². The molecule has 6 nitrogen and oxygen atoms in total. The molecule has 3 aromatic rings. The molecule has 0 radical (unpaired) electrons. The molecule has 1 amide bonds. The van der Waals surface area contributed by atoms with Gasteiger partial charge >= 0.3 is 0 Å². The van der Waals surface area contributed by atoms with Crippen LogP contribution in [0.3, 0.4) is 0 Å². The minimum atomic E-state index is 0.0556. The Kier molecular flexibility index (Phi) is 4.89. The molecule has 1 saturated heterocycles. The number of carbonyl (C=O) groups is 1. The summed E-state index contributed by atoms with van der Waals surface area (Å²) in [7, 11) is 2.02. The van der Waals surface area contributed by atoms with Crippen molar-refractivity contribution < 1.29 is 4.79 Å². The number of imidazole rings is 1. The number of aromatic nitrogens is 3. The molecule has 146 valence electrons. The maximum atomic E-state index is 12.5. The number of amides is 1. The third-order valence-electron chi connectivity index (χ3n) is 5.44. The van der Waals surface area contributed by atoms with Gasteiger partial charge in [-0.2, -0.15) is 0 Å². The standard InChI is InChI=1S/C22H27N5O/c1-14(2)11-27-12-19(13-27)22(28)25-21-8-18-7-16(5-6-17(18)9-24-21)20-10-23-15(3)26(20)4/h5-10,14,19H,11-13H2,1-4H3,(H,24,25,28). The van der Waals surface area contributed by atoms with Crippen LogP contribution in [0, 0.1) is 18.8 Å². The third-order valence-corrected chi connectivity index (χ3v) is 5.44. The summed E-state index contributed by atoms with van der Waals surface area (Å²) in [5, 5.41) is 5.09. The van der Waals surface area contributed by atoms with E-state index in [1.807, 2.05) is 32.4 Å². The number of carbonyl (C=O) groups excluding carboxylic acids is 1. The lowest BCUT2D eigenvalue weighted by Crippen LogP contribution is -2.52. The summed E-state index contributed by atoms with van der Waals surface area (Å²) in [6, 6.07) is 8.21. The van der Waals surface area contributed by atoms with Gasteiger partial charge in [0.1, 0.15) is 11.6 Å². The average Bonchev–Trinajstić information content (AvgIpc) is 2.96. The quantitative estimate of drug-likeness (QED) is 0.739. The molecule has 1 fully saturated rings. The fourth-order valence-electron chi connectivity index (χ4n) is 3.77. The first-order chi connectivity index (χ1) is 13.4. The van der Waals surface area contributed by atoms with Crippen molar-refractivity contribution in [3.8, 4) is 11.3 Å². The van der Waals surface area contributed by atoms with Crippen LogP contribution in [0.15, 0.2) is 36.7 Å². The number of rotatable bonds is 5. The average molecular weight is 377 g/mol. The molecule has 0 unspecified atom stereocenters. The summed E-state index contributed by atoms with van der Waals surface area (Å²) in [5.41, 5.74) is 2.17. The number of nitrogens with one attached hydrogen (secondary N) is 1. The molecule has 2 aromatic heterocycles. The maximum absolute atomic E-state index is 12.5. The number of likely N-dealkylation sites (tertiary alicyclic amines) is 1. The summed E-state index contributed by atoms with van der Waals surface area (Å²) < 4.78 is 2.07. The Morgan fingerprint density at radius 2 is 1.96 bits per heavy atom. The molecule has 0 saturated carbocycles. The van der Waals surface area contributed by atoms with Gasteiger partial charge in [-0.1, -0.05) is 26.0 Å². The number of anilines is 1. The minimum Gasteiger partial charge on any atom is -0.331 e. The molecule has 0 bridgehead atoms. The van der Waals surface area contributed by atoms with Crippen LogP contribution in [0.2, 0.25) is 0 Å². The van der Waals surface area contributed by atoms with Crippen LogP contribution in [-0.4, -0.2) is 45.0 Å². The van der Waals surface area contributed by atoms with Gasteiger partial charge < -0.3 is 14.8 Å². The second kappa shape index (κ2) is 7.36. The predicted octanol–water partition coefficient (Wildman–Crippen LogP) is 3.47. The zero-order valence-electron chi connectivity index (χ0n) is 16.9. The zero-order chi connectivity index (χ0) is 19.8. The first-order valence-electron chi connectivity index (χ1n) is 9.82. The van der Waals surface area contributed by atoms with E-state index in [4.69, 9.17) is 0 Å². The van der Waals surface area contributed by atoms with Crippen molar-refractivity contribution in [3.63, 3.8) is 0 Å². The Hall–Kier alpha value is -2.73. The van der Waals surface area contributed by atoms with Crippen molar-refractivity contribution in [2.45, 2.75) is 20.8 Å². The summed E-state index contributed by atoms with van der Waals surface area (Å²) in [4.78, 5) is 23.6.